The van der Waals surface area contributed by atoms with Gasteiger partial charge >= 0.3 is 0 Å². The lowest BCUT2D eigenvalue weighted by Crippen LogP contribution is -1.99. The van der Waals surface area contributed by atoms with E-state index in [4.69, 9.17) is 0 Å². The topological polar surface area (TPSA) is 0 Å². The van der Waals surface area contributed by atoms with E-state index in [1.54, 1.807) is 0 Å². The fourth-order valence-corrected chi connectivity index (χ4v) is 2.33. The molecule has 17 heavy (non-hydrogen) atoms. The molecule has 0 saturated heterocycles. The first kappa shape index (κ1) is 14.0. The lowest BCUT2D eigenvalue weighted by Gasteiger charge is -2.16. The number of hydrogen-bond acceptors (Lipinski definition) is 0. The molecule has 0 saturated carbocycles. The Morgan fingerprint density at radius 3 is 2.41 bits per heavy atom. The van der Waals surface area contributed by atoms with E-state index in [0.29, 0.717) is 0 Å². The van der Waals surface area contributed by atoms with Crippen LogP contribution in [0.4, 0.5) is 0 Å². The monoisotopic (exact) mass is 230 g/mol. The van der Waals surface area contributed by atoms with Crippen molar-refractivity contribution in [3.05, 3.63) is 48.6 Å². The highest BCUT2D eigenvalue weighted by atomic mass is 14.1. The molecule has 1 aromatic rings. The van der Waals surface area contributed by atoms with Crippen LogP contribution in [0.1, 0.15) is 63.4 Å². The number of rotatable bonds is 9. The molecule has 0 aliphatic carbocycles. The van der Waals surface area contributed by atoms with Gasteiger partial charge in [0.1, 0.15) is 0 Å². The Balaban J connectivity index is 2.45. The molecule has 0 nitrogen and oxygen atoms in total. The molecule has 0 fully saturated rings. The van der Waals surface area contributed by atoms with Gasteiger partial charge in [-0.25, -0.2) is 0 Å². The first-order chi connectivity index (χ1) is 8.38. The molecular formula is C17H26. The van der Waals surface area contributed by atoms with Crippen LogP contribution in [0, 0.1) is 0 Å². The molecule has 1 aromatic carbocycles. The number of allylic oxidation sites excluding steroid dienone is 1. The standard InChI is InChI=1S/C17H26/c1-3-5-7-9-13-16(12-6-4-2)17-14-10-8-11-15-17/h3,8,10-11,14-16H,1,4-7,9,12-13H2,2H3. The molecule has 1 rings (SSSR count). The molecule has 0 amide bonds. The van der Waals surface area contributed by atoms with Gasteiger partial charge in [-0.1, -0.05) is 62.6 Å². The van der Waals surface area contributed by atoms with Gasteiger partial charge in [-0.15, -0.1) is 6.58 Å². The van der Waals surface area contributed by atoms with Crippen LogP contribution in [0.15, 0.2) is 43.0 Å². The van der Waals surface area contributed by atoms with E-state index in [1.807, 2.05) is 6.08 Å². The molecule has 94 valence electrons. The van der Waals surface area contributed by atoms with Crippen molar-refractivity contribution in [2.75, 3.05) is 0 Å². The summed E-state index contributed by atoms with van der Waals surface area (Å²) in [6.07, 6.45) is 11.1. The first-order valence-corrected chi connectivity index (χ1v) is 7.04. The molecule has 0 aliphatic heterocycles. The van der Waals surface area contributed by atoms with Crippen molar-refractivity contribution in [3.63, 3.8) is 0 Å². The van der Waals surface area contributed by atoms with Crippen molar-refractivity contribution < 1.29 is 0 Å². The van der Waals surface area contributed by atoms with Crippen molar-refractivity contribution in [1.29, 1.82) is 0 Å². The fraction of sp³-hybridized carbons (Fsp3) is 0.529. The molecule has 0 aliphatic rings. The van der Waals surface area contributed by atoms with Crippen LogP contribution < -0.4 is 0 Å². The lowest BCUT2D eigenvalue weighted by molar-refractivity contribution is 0.519. The van der Waals surface area contributed by atoms with E-state index in [-0.39, 0.29) is 0 Å². The van der Waals surface area contributed by atoms with Gasteiger partial charge in [-0.3, -0.25) is 0 Å². The molecule has 0 spiro atoms. The second-order valence-corrected chi connectivity index (χ2v) is 4.82. The maximum absolute atomic E-state index is 3.79. The highest BCUT2D eigenvalue weighted by Crippen LogP contribution is 2.27. The van der Waals surface area contributed by atoms with E-state index in [9.17, 15) is 0 Å². The van der Waals surface area contributed by atoms with Gasteiger partial charge in [0.2, 0.25) is 0 Å². The third-order valence-corrected chi connectivity index (χ3v) is 3.39. The fourth-order valence-electron chi connectivity index (χ4n) is 2.33. The van der Waals surface area contributed by atoms with Crippen LogP contribution in [0.3, 0.4) is 0 Å². The van der Waals surface area contributed by atoms with E-state index < -0.39 is 0 Å². The lowest BCUT2D eigenvalue weighted by atomic mass is 9.89. The molecule has 0 radical (unpaired) electrons. The summed E-state index contributed by atoms with van der Waals surface area (Å²) >= 11 is 0. The van der Waals surface area contributed by atoms with Crippen LogP contribution in [0.25, 0.3) is 0 Å². The SMILES string of the molecule is C=CCCCCC(CCCC)c1ccccc1. The Kier molecular flexibility index (Phi) is 7.46. The molecule has 0 bridgehead atoms. The van der Waals surface area contributed by atoms with Crippen LogP contribution in [0.5, 0.6) is 0 Å². The summed E-state index contributed by atoms with van der Waals surface area (Å²) in [7, 11) is 0. The Hall–Kier alpha value is -1.04. The van der Waals surface area contributed by atoms with Gasteiger partial charge in [0, 0.05) is 0 Å². The second-order valence-electron chi connectivity index (χ2n) is 4.82. The number of hydrogen-bond donors (Lipinski definition) is 0. The van der Waals surface area contributed by atoms with Crippen molar-refractivity contribution in [2.24, 2.45) is 0 Å². The van der Waals surface area contributed by atoms with Crippen LogP contribution >= 0.6 is 0 Å². The average molecular weight is 230 g/mol. The van der Waals surface area contributed by atoms with E-state index >= 15 is 0 Å². The molecule has 0 aromatic heterocycles. The van der Waals surface area contributed by atoms with E-state index in [1.165, 1.54) is 44.1 Å². The maximum Gasteiger partial charge on any atom is -0.0162 e. The minimum atomic E-state index is 0.765. The third kappa shape index (κ3) is 5.72. The second kappa shape index (κ2) is 9.04. The van der Waals surface area contributed by atoms with Crippen LogP contribution in [-0.4, -0.2) is 0 Å². The zero-order valence-electron chi connectivity index (χ0n) is 11.2. The quantitative estimate of drug-likeness (QED) is 0.376. The zero-order chi connectivity index (χ0) is 12.3. The number of benzene rings is 1. The normalized spacial score (nSPS) is 12.3. The maximum atomic E-state index is 3.79. The summed E-state index contributed by atoms with van der Waals surface area (Å²) in [6, 6.07) is 11.0. The Morgan fingerprint density at radius 2 is 1.76 bits per heavy atom. The molecular weight excluding hydrogens is 204 g/mol. The third-order valence-electron chi connectivity index (χ3n) is 3.39. The molecule has 1 atom stereocenters. The van der Waals surface area contributed by atoms with Crippen molar-refractivity contribution >= 4 is 0 Å². The number of unbranched alkanes of at least 4 members (excludes halogenated alkanes) is 3. The van der Waals surface area contributed by atoms with Gasteiger partial charge < -0.3 is 0 Å². The summed E-state index contributed by atoms with van der Waals surface area (Å²) in [6.45, 7) is 6.06. The Labute approximate surface area is 107 Å². The summed E-state index contributed by atoms with van der Waals surface area (Å²) in [5, 5.41) is 0. The minimum Gasteiger partial charge on any atom is -0.103 e. The van der Waals surface area contributed by atoms with Crippen molar-refractivity contribution in [3.8, 4) is 0 Å². The van der Waals surface area contributed by atoms with Crippen molar-refractivity contribution in [2.45, 2.75) is 57.8 Å². The van der Waals surface area contributed by atoms with Crippen LogP contribution in [0.2, 0.25) is 0 Å². The van der Waals surface area contributed by atoms with Crippen molar-refractivity contribution in [1.82, 2.24) is 0 Å². The highest BCUT2D eigenvalue weighted by molar-refractivity contribution is 5.19. The van der Waals surface area contributed by atoms with Gasteiger partial charge in [-0.05, 0) is 37.2 Å². The summed E-state index contributed by atoms with van der Waals surface area (Å²) in [5.41, 5.74) is 1.53. The minimum absolute atomic E-state index is 0.765. The predicted octanol–water partition coefficient (Wildman–Crippen LogP) is 5.71. The van der Waals surface area contributed by atoms with Gasteiger partial charge in [0.25, 0.3) is 0 Å². The first-order valence-electron chi connectivity index (χ1n) is 7.04. The van der Waals surface area contributed by atoms with Gasteiger partial charge in [-0.2, -0.15) is 0 Å². The largest absolute Gasteiger partial charge is 0.103 e. The molecule has 1 unspecified atom stereocenters. The Morgan fingerprint density at radius 1 is 1.06 bits per heavy atom. The van der Waals surface area contributed by atoms with Crippen LogP contribution in [-0.2, 0) is 0 Å². The van der Waals surface area contributed by atoms with Gasteiger partial charge in [0.05, 0.1) is 0 Å². The van der Waals surface area contributed by atoms with E-state index in [2.05, 4.69) is 43.8 Å². The molecule has 0 heterocycles. The van der Waals surface area contributed by atoms with Gasteiger partial charge in [0.15, 0.2) is 0 Å². The smallest absolute Gasteiger partial charge is 0.0162 e. The highest BCUT2D eigenvalue weighted by Gasteiger charge is 2.09. The molecule has 0 heteroatoms. The zero-order valence-corrected chi connectivity index (χ0v) is 11.2. The van der Waals surface area contributed by atoms with E-state index in [0.717, 1.165) is 12.3 Å². The summed E-state index contributed by atoms with van der Waals surface area (Å²) in [4.78, 5) is 0. The summed E-state index contributed by atoms with van der Waals surface area (Å²) < 4.78 is 0. The predicted molar refractivity (Wildman–Crippen MR) is 77.4 cm³/mol. The summed E-state index contributed by atoms with van der Waals surface area (Å²) in [5.74, 6) is 0.765. The molecule has 0 N–H and O–H groups in total. The Bertz CT molecular complexity index is 286. The average Bonchev–Trinajstić information content (AvgIpc) is 2.39.